The van der Waals surface area contributed by atoms with Gasteiger partial charge in [0.1, 0.15) is 5.92 Å². The highest BCUT2D eigenvalue weighted by molar-refractivity contribution is 9.10. The number of hydrazone groups is 1. The number of hydrogen-bond acceptors (Lipinski definition) is 6. The van der Waals surface area contributed by atoms with Crippen molar-refractivity contribution in [2.24, 2.45) is 11.0 Å². The maximum absolute atomic E-state index is 12.3. The number of nitrogens with one attached hydrogen (secondary N) is 2. The lowest BCUT2D eigenvalue weighted by molar-refractivity contribution is -0.131. The minimum Gasteiger partial charge on any atom is -0.493 e. The lowest BCUT2D eigenvalue weighted by Gasteiger charge is -2.13. The second-order valence-corrected chi connectivity index (χ2v) is 6.74. The lowest BCUT2D eigenvalue weighted by atomic mass is 10.1. The minimum atomic E-state index is -0.945. The summed E-state index contributed by atoms with van der Waals surface area (Å²) >= 11 is 3.34. The number of halogens is 1. The largest absolute Gasteiger partial charge is 0.493 e. The van der Waals surface area contributed by atoms with Gasteiger partial charge in [0.05, 0.1) is 33.2 Å². The Morgan fingerprint density at radius 3 is 2.21 bits per heavy atom. The van der Waals surface area contributed by atoms with Gasteiger partial charge in [-0.1, -0.05) is 12.1 Å². The molecule has 0 fully saturated rings. The Morgan fingerprint density at radius 1 is 1.03 bits per heavy atom. The summed E-state index contributed by atoms with van der Waals surface area (Å²) in [6, 6.07) is 10.5. The maximum atomic E-state index is 12.3. The van der Waals surface area contributed by atoms with Crippen molar-refractivity contribution in [1.82, 2.24) is 5.43 Å². The number of carbonyl (C=O) groups is 2. The van der Waals surface area contributed by atoms with Gasteiger partial charge in [0, 0.05) is 10.0 Å². The Bertz CT molecular complexity index is 892. The molecule has 2 amide bonds. The van der Waals surface area contributed by atoms with Gasteiger partial charge in [-0.2, -0.15) is 5.10 Å². The molecule has 0 spiro atoms. The first-order chi connectivity index (χ1) is 13.9. The minimum absolute atomic E-state index is 0.447. The summed E-state index contributed by atoms with van der Waals surface area (Å²) < 4.78 is 16.5. The van der Waals surface area contributed by atoms with Crippen LogP contribution in [0.4, 0.5) is 5.69 Å². The number of hydrogen-bond donors (Lipinski definition) is 2. The van der Waals surface area contributed by atoms with Crippen LogP contribution in [0.3, 0.4) is 0 Å². The molecule has 0 aliphatic rings. The van der Waals surface area contributed by atoms with Crippen LogP contribution in [0.1, 0.15) is 12.5 Å². The van der Waals surface area contributed by atoms with Crippen molar-refractivity contribution in [2.45, 2.75) is 6.92 Å². The summed E-state index contributed by atoms with van der Waals surface area (Å²) in [6.07, 6.45) is 1.42. The predicted octanol–water partition coefficient (Wildman–Crippen LogP) is 3.20. The molecule has 8 nitrogen and oxygen atoms in total. The molecule has 29 heavy (non-hydrogen) atoms. The number of carbonyl (C=O) groups excluding carboxylic acids is 2. The van der Waals surface area contributed by atoms with E-state index in [9.17, 15) is 9.59 Å². The number of anilines is 1. The van der Waals surface area contributed by atoms with Crippen molar-refractivity contribution >= 4 is 39.6 Å². The molecular weight excluding hydrogens is 442 g/mol. The van der Waals surface area contributed by atoms with Gasteiger partial charge in [-0.3, -0.25) is 9.59 Å². The summed E-state index contributed by atoms with van der Waals surface area (Å²) in [6.45, 7) is 1.50. The third-order valence-electron chi connectivity index (χ3n) is 3.99. The molecule has 2 aromatic rings. The van der Waals surface area contributed by atoms with Gasteiger partial charge in [-0.25, -0.2) is 5.43 Å². The predicted molar refractivity (Wildman–Crippen MR) is 114 cm³/mol. The van der Waals surface area contributed by atoms with Gasteiger partial charge in [0.2, 0.25) is 11.7 Å². The summed E-state index contributed by atoms with van der Waals surface area (Å²) in [5.74, 6) is -0.565. The van der Waals surface area contributed by atoms with Crippen LogP contribution < -0.4 is 25.0 Å². The van der Waals surface area contributed by atoms with Crippen LogP contribution >= 0.6 is 15.9 Å². The Morgan fingerprint density at radius 2 is 1.66 bits per heavy atom. The molecular formula is C20H22BrN3O5. The van der Waals surface area contributed by atoms with Gasteiger partial charge in [0.15, 0.2) is 11.5 Å². The zero-order valence-corrected chi connectivity index (χ0v) is 18.1. The molecule has 0 heterocycles. The van der Waals surface area contributed by atoms with Crippen LogP contribution in [-0.2, 0) is 9.59 Å². The van der Waals surface area contributed by atoms with E-state index in [0.717, 1.165) is 4.47 Å². The number of amides is 2. The van der Waals surface area contributed by atoms with Gasteiger partial charge >= 0.3 is 0 Å². The number of para-hydroxylation sites is 1. The first-order valence-electron chi connectivity index (χ1n) is 8.59. The van der Waals surface area contributed by atoms with Crippen LogP contribution in [0, 0.1) is 5.92 Å². The summed E-state index contributed by atoms with van der Waals surface area (Å²) in [5.41, 5.74) is 3.56. The third-order valence-corrected chi connectivity index (χ3v) is 4.69. The topological polar surface area (TPSA) is 98.2 Å². The molecule has 2 rings (SSSR count). The highest BCUT2D eigenvalue weighted by Crippen LogP contribution is 2.37. The van der Waals surface area contributed by atoms with Crippen molar-refractivity contribution in [3.63, 3.8) is 0 Å². The Labute approximate surface area is 177 Å². The average Bonchev–Trinajstić information content (AvgIpc) is 2.73. The third kappa shape index (κ3) is 5.71. The second kappa shape index (κ2) is 10.5. The number of nitrogens with zero attached hydrogens (tertiary/aromatic N) is 1. The average molecular weight is 464 g/mol. The van der Waals surface area contributed by atoms with Crippen molar-refractivity contribution in [3.05, 3.63) is 46.4 Å². The number of rotatable bonds is 8. The maximum Gasteiger partial charge on any atom is 0.252 e. The molecule has 154 valence electrons. The molecule has 1 atom stereocenters. The van der Waals surface area contributed by atoms with E-state index < -0.39 is 17.7 Å². The van der Waals surface area contributed by atoms with E-state index in [2.05, 4.69) is 31.8 Å². The molecule has 0 aliphatic carbocycles. The van der Waals surface area contributed by atoms with Crippen molar-refractivity contribution < 1.29 is 23.8 Å². The normalized spacial score (nSPS) is 11.6. The van der Waals surface area contributed by atoms with E-state index in [1.54, 1.807) is 30.3 Å². The highest BCUT2D eigenvalue weighted by atomic mass is 79.9. The second-order valence-electron chi connectivity index (χ2n) is 5.88. The van der Waals surface area contributed by atoms with E-state index in [4.69, 9.17) is 14.2 Å². The summed E-state index contributed by atoms with van der Waals surface area (Å²) in [5, 5.41) is 6.61. The Kier molecular flexibility index (Phi) is 8.02. The molecule has 2 N–H and O–H groups in total. The molecule has 0 aliphatic heterocycles. The van der Waals surface area contributed by atoms with E-state index in [1.165, 1.54) is 34.5 Å². The van der Waals surface area contributed by atoms with Crippen LogP contribution in [0.2, 0.25) is 0 Å². The fourth-order valence-electron chi connectivity index (χ4n) is 2.37. The zero-order valence-electron chi connectivity index (χ0n) is 16.5. The van der Waals surface area contributed by atoms with Gasteiger partial charge in [0.25, 0.3) is 5.91 Å². The quantitative estimate of drug-likeness (QED) is 0.355. The molecule has 1 unspecified atom stereocenters. The Balaban J connectivity index is 2.03. The van der Waals surface area contributed by atoms with Gasteiger partial charge in [-0.15, -0.1) is 0 Å². The molecule has 9 heteroatoms. The Hall–Kier alpha value is -3.07. The van der Waals surface area contributed by atoms with Crippen molar-refractivity contribution in [1.29, 1.82) is 0 Å². The fraction of sp³-hybridized carbons (Fsp3) is 0.250. The molecule has 2 aromatic carbocycles. The highest BCUT2D eigenvalue weighted by Gasteiger charge is 2.21. The zero-order chi connectivity index (χ0) is 21.4. The summed E-state index contributed by atoms with van der Waals surface area (Å²) in [4.78, 5) is 24.5. The van der Waals surface area contributed by atoms with E-state index in [1.807, 2.05) is 6.07 Å². The molecule has 0 saturated heterocycles. The van der Waals surface area contributed by atoms with E-state index in [0.29, 0.717) is 28.5 Å². The number of benzene rings is 2. The van der Waals surface area contributed by atoms with E-state index in [-0.39, 0.29) is 0 Å². The lowest BCUT2D eigenvalue weighted by Crippen LogP contribution is -2.34. The smallest absolute Gasteiger partial charge is 0.252 e. The molecule has 0 saturated carbocycles. The molecule has 0 aromatic heterocycles. The monoisotopic (exact) mass is 463 g/mol. The van der Waals surface area contributed by atoms with Crippen molar-refractivity contribution in [3.8, 4) is 17.2 Å². The van der Waals surface area contributed by atoms with Gasteiger partial charge < -0.3 is 19.5 Å². The first kappa shape index (κ1) is 22.2. The number of ether oxygens (including phenoxy) is 3. The SMILES string of the molecule is COc1cc(C=NNC(=O)C(C)C(=O)Nc2ccccc2Br)cc(OC)c1OC. The van der Waals surface area contributed by atoms with Crippen LogP contribution in [0.5, 0.6) is 17.2 Å². The van der Waals surface area contributed by atoms with Crippen molar-refractivity contribution in [2.75, 3.05) is 26.6 Å². The van der Waals surface area contributed by atoms with E-state index >= 15 is 0 Å². The number of methoxy groups -OCH3 is 3. The molecule has 0 bridgehead atoms. The first-order valence-corrected chi connectivity index (χ1v) is 9.38. The van der Waals surface area contributed by atoms with Crippen LogP contribution in [-0.4, -0.2) is 39.4 Å². The van der Waals surface area contributed by atoms with Crippen LogP contribution in [0.15, 0.2) is 46.0 Å². The van der Waals surface area contributed by atoms with Gasteiger partial charge in [-0.05, 0) is 47.1 Å². The summed E-state index contributed by atoms with van der Waals surface area (Å²) in [7, 11) is 4.52. The molecule has 0 radical (unpaired) electrons. The van der Waals surface area contributed by atoms with Crippen LogP contribution in [0.25, 0.3) is 0 Å². The fourth-order valence-corrected chi connectivity index (χ4v) is 2.75. The standard InChI is InChI=1S/C20H22BrN3O5/c1-12(19(25)23-15-8-6-5-7-14(15)21)20(26)24-22-11-13-9-16(27-2)18(29-4)17(10-13)28-3/h5-12H,1-4H3,(H,23,25)(H,24,26).